The molecule has 1 aliphatic heterocycles. The molecule has 0 saturated heterocycles. The Hall–Kier alpha value is -2.14. The number of esters is 1. The van der Waals surface area contributed by atoms with E-state index in [-0.39, 0.29) is 12.0 Å². The standard InChI is InChI=1S/C16H19NO4/c1-9-6-7-10(2)13-12(9)16(20,15(19)17(13)4)8-11(3)14(18)21-5/h6-7,20H,3,8H2,1-2,4-5H3. The number of benzene rings is 1. The number of likely N-dealkylation sites (N-methyl/N-ethyl adjacent to an activating group) is 1. The third kappa shape index (κ3) is 2.14. The van der Waals surface area contributed by atoms with Crippen molar-refractivity contribution >= 4 is 17.6 Å². The summed E-state index contributed by atoms with van der Waals surface area (Å²) in [5.74, 6) is -1.09. The van der Waals surface area contributed by atoms with Crippen LogP contribution in [0.4, 0.5) is 5.69 Å². The van der Waals surface area contributed by atoms with E-state index in [1.807, 2.05) is 26.0 Å². The van der Waals surface area contributed by atoms with Gasteiger partial charge in [0.05, 0.1) is 12.8 Å². The zero-order valence-electron chi connectivity index (χ0n) is 12.7. The summed E-state index contributed by atoms with van der Waals surface area (Å²) in [5.41, 5.74) is 1.22. The van der Waals surface area contributed by atoms with Crippen LogP contribution in [0.5, 0.6) is 0 Å². The van der Waals surface area contributed by atoms with Crippen LogP contribution in [-0.4, -0.2) is 31.1 Å². The van der Waals surface area contributed by atoms with Crippen LogP contribution in [0.2, 0.25) is 0 Å². The lowest BCUT2D eigenvalue weighted by Crippen LogP contribution is -2.39. The van der Waals surface area contributed by atoms with E-state index in [0.717, 1.165) is 11.1 Å². The van der Waals surface area contributed by atoms with Gasteiger partial charge in [-0.25, -0.2) is 4.79 Å². The molecular weight excluding hydrogens is 270 g/mol. The number of aryl methyl sites for hydroxylation is 2. The Balaban J connectivity index is 2.57. The van der Waals surface area contributed by atoms with E-state index in [1.165, 1.54) is 12.0 Å². The lowest BCUT2D eigenvalue weighted by Gasteiger charge is -2.23. The normalized spacial score (nSPS) is 20.4. The molecule has 1 heterocycles. The molecule has 21 heavy (non-hydrogen) atoms. The number of hydrogen-bond acceptors (Lipinski definition) is 4. The largest absolute Gasteiger partial charge is 0.466 e. The summed E-state index contributed by atoms with van der Waals surface area (Å²) in [6.07, 6.45) is -0.180. The second-order valence-electron chi connectivity index (χ2n) is 5.42. The molecule has 5 nitrogen and oxygen atoms in total. The lowest BCUT2D eigenvalue weighted by molar-refractivity contribution is -0.139. The highest BCUT2D eigenvalue weighted by Crippen LogP contribution is 2.46. The first-order valence-corrected chi connectivity index (χ1v) is 6.61. The predicted molar refractivity (Wildman–Crippen MR) is 79.0 cm³/mol. The number of carbonyl (C=O) groups is 2. The van der Waals surface area contributed by atoms with Crippen LogP contribution >= 0.6 is 0 Å². The molecule has 1 unspecified atom stereocenters. The molecule has 1 amide bonds. The van der Waals surface area contributed by atoms with Gasteiger partial charge in [0.25, 0.3) is 5.91 Å². The minimum atomic E-state index is -1.77. The van der Waals surface area contributed by atoms with E-state index >= 15 is 0 Å². The molecule has 0 radical (unpaired) electrons. The van der Waals surface area contributed by atoms with Crippen LogP contribution in [0.3, 0.4) is 0 Å². The maximum atomic E-state index is 12.5. The summed E-state index contributed by atoms with van der Waals surface area (Å²) < 4.78 is 4.60. The average Bonchev–Trinajstić information content (AvgIpc) is 2.64. The first-order chi connectivity index (χ1) is 9.74. The average molecular weight is 289 g/mol. The van der Waals surface area contributed by atoms with Crippen LogP contribution in [0, 0.1) is 13.8 Å². The van der Waals surface area contributed by atoms with Gasteiger partial charge < -0.3 is 14.7 Å². The van der Waals surface area contributed by atoms with Gasteiger partial charge in [-0.1, -0.05) is 18.7 Å². The van der Waals surface area contributed by atoms with Crippen LogP contribution < -0.4 is 4.90 Å². The molecule has 1 aromatic carbocycles. The molecular formula is C16H19NO4. The molecule has 112 valence electrons. The molecule has 0 aromatic heterocycles. The number of amides is 1. The molecule has 1 atom stereocenters. The Kier molecular flexibility index (Phi) is 3.63. The maximum Gasteiger partial charge on any atom is 0.333 e. The third-order valence-electron chi connectivity index (χ3n) is 3.94. The van der Waals surface area contributed by atoms with Crippen LogP contribution in [0.15, 0.2) is 24.3 Å². The van der Waals surface area contributed by atoms with E-state index in [1.54, 1.807) is 7.05 Å². The first-order valence-electron chi connectivity index (χ1n) is 6.61. The number of carbonyl (C=O) groups excluding carboxylic acids is 2. The summed E-state index contributed by atoms with van der Waals surface area (Å²) in [5, 5.41) is 10.9. The monoisotopic (exact) mass is 289 g/mol. The molecule has 1 aromatic rings. The number of hydrogen-bond donors (Lipinski definition) is 1. The van der Waals surface area contributed by atoms with Gasteiger partial charge in [0.2, 0.25) is 0 Å². The van der Waals surface area contributed by atoms with Crippen LogP contribution in [0.25, 0.3) is 0 Å². The number of nitrogens with zero attached hydrogens (tertiary/aromatic N) is 1. The van der Waals surface area contributed by atoms with Crippen LogP contribution in [-0.2, 0) is 19.9 Å². The van der Waals surface area contributed by atoms with Gasteiger partial charge in [0.15, 0.2) is 5.60 Å². The molecule has 0 saturated carbocycles. The van der Waals surface area contributed by atoms with E-state index in [2.05, 4.69) is 11.3 Å². The van der Waals surface area contributed by atoms with Crippen molar-refractivity contribution in [2.24, 2.45) is 0 Å². The van der Waals surface area contributed by atoms with Crippen molar-refractivity contribution < 1.29 is 19.4 Å². The van der Waals surface area contributed by atoms with E-state index in [9.17, 15) is 14.7 Å². The van der Waals surface area contributed by atoms with Crippen molar-refractivity contribution in [2.45, 2.75) is 25.9 Å². The summed E-state index contributed by atoms with van der Waals surface area (Å²) in [7, 11) is 2.86. The van der Waals surface area contributed by atoms with Crippen molar-refractivity contribution in [3.63, 3.8) is 0 Å². The Labute approximate surface area is 123 Å². The maximum absolute atomic E-state index is 12.5. The first kappa shape index (κ1) is 15.3. The molecule has 1 aliphatic rings. The summed E-state index contributed by atoms with van der Waals surface area (Å²) in [6, 6.07) is 3.76. The number of rotatable bonds is 3. The molecule has 2 rings (SSSR count). The predicted octanol–water partition coefficient (Wildman–Crippen LogP) is 1.59. The molecule has 1 N–H and O–H groups in total. The Bertz CT molecular complexity index is 650. The topological polar surface area (TPSA) is 66.8 Å². The number of methoxy groups -OCH3 is 1. The number of fused-ring (bicyclic) bond motifs is 1. The zero-order valence-corrected chi connectivity index (χ0v) is 12.7. The number of ether oxygens (including phenoxy) is 1. The summed E-state index contributed by atoms with van der Waals surface area (Å²) >= 11 is 0. The minimum Gasteiger partial charge on any atom is -0.466 e. The second kappa shape index (κ2) is 5.00. The quantitative estimate of drug-likeness (QED) is 0.678. The Morgan fingerprint density at radius 2 is 1.95 bits per heavy atom. The number of aliphatic hydroxyl groups is 1. The van der Waals surface area contributed by atoms with Gasteiger partial charge >= 0.3 is 5.97 Å². The highest BCUT2D eigenvalue weighted by molar-refractivity contribution is 6.08. The fourth-order valence-corrected chi connectivity index (χ4v) is 2.93. The van der Waals surface area contributed by atoms with Crippen molar-refractivity contribution in [3.05, 3.63) is 41.0 Å². The van der Waals surface area contributed by atoms with Crippen molar-refractivity contribution in [3.8, 4) is 0 Å². The van der Waals surface area contributed by atoms with E-state index < -0.39 is 17.5 Å². The van der Waals surface area contributed by atoms with E-state index in [4.69, 9.17) is 0 Å². The summed E-state index contributed by atoms with van der Waals surface area (Å²) in [4.78, 5) is 25.5. The van der Waals surface area contributed by atoms with E-state index in [0.29, 0.717) is 11.3 Å². The van der Waals surface area contributed by atoms with Gasteiger partial charge in [-0.2, -0.15) is 0 Å². The minimum absolute atomic E-state index is 0.0653. The van der Waals surface area contributed by atoms with Crippen molar-refractivity contribution in [2.75, 3.05) is 19.1 Å². The SMILES string of the molecule is C=C(CC1(O)C(=O)N(C)c2c(C)ccc(C)c21)C(=O)OC. The second-order valence-corrected chi connectivity index (χ2v) is 5.42. The highest BCUT2D eigenvalue weighted by atomic mass is 16.5. The highest BCUT2D eigenvalue weighted by Gasteiger charge is 2.50. The lowest BCUT2D eigenvalue weighted by atomic mass is 9.85. The molecule has 0 fully saturated rings. The fourth-order valence-electron chi connectivity index (χ4n) is 2.93. The van der Waals surface area contributed by atoms with Gasteiger partial charge in [-0.05, 0) is 25.0 Å². The Morgan fingerprint density at radius 3 is 2.52 bits per heavy atom. The number of anilines is 1. The van der Waals surface area contributed by atoms with Crippen molar-refractivity contribution in [1.29, 1.82) is 0 Å². The van der Waals surface area contributed by atoms with Gasteiger partial charge in [-0.3, -0.25) is 4.79 Å². The molecule has 0 bridgehead atoms. The van der Waals surface area contributed by atoms with Gasteiger partial charge in [0, 0.05) is 24.6 Å². The van der Waals surface area contributed by atoms with Gasteiger partial charge in [-0.15, -0.1) is 0 Å². The van der Waals surface area contributed by atoms with Gasteiger partial charge in [0.1, 0.15) is 0 Å². The zero-order chi connectivity index (χ0) is 15.9. The molecule has 5 heteroatoms. The molecule has 0 spiro atoms. The molecule has 0 aliphatic carbocycles. The third-order valence-corrected chi connectivity index (χ3v) is 3.94. The van der Waals surface area contributed by atoms with Crippen LogP contribution in [0.1, 0.15) is 23.1 Å². The smallest absolute Gasteiger partial charge is 0.333 e. The fraction of sp³-hybridized carbons (Fsp3) is 0.375. The summed E-state index contributed by atoms with van der Waals surface area (Å²) in [6.45, 7) is 7.32. The Morgan fingerprint density at radius 1 is 1.38 bits per heavy atom. The van der Waals surface area contributed by atoms with Crippen molar-refractivity contribution in [1.82, 2.24) is 0 Å².